The molecule has 36 heavy (non-hydrogen) atoms. The maximum Gasteiger partial charge on any atom is 0.183 e. The fraction of sp³-hybridized carbons (Fsp3) is 0.483. The van der Waals surface area contributed by atoms with E-state index in [4.69, 9.17) is 15.0 Å². The summed E-state index contributed by atoms with van der Waals surface area (Å²) >= 11 is 0. The van der Waals surface area contributed by atoms with Crippen LogP contribution in [-0.2, 0) is 11.2 Å². The summed E-state index contributed by atoms with van der Waals surface area (Å²) in [6, 6.07) is 13.6. The van der Waals surface area contributed by atoms with Crippen molar-refractivity contribution in [2.45, 2.75) is 83.3 Å². The fourth-order valence-corrected chi connectivity index (χ4v) is 5.27. The van der Waals surface area contributed by atoms with E-state index in [0.717, 1.165) is 41.8 Å². The van der Waals surface area contributed by atoms with Crippen molar-refractivity contribution >= 4 is 11.4 Å². The first kappa shape index (κ1) is 25.4. The van der Waals surface area contributed by atoms with E-state index < -0.39 is 11.2 Å². The minimum atomic E-state index is -1.08. The molecule has 0 saturated carbocycles. The summed E-state index contributed by atoms with van der Waals surface area (Å²) in [7, 11) is 0. The number of aromatic nitrogens is 2. The number of ether oxygens (including phenoxy) is 1. The summed E-state index contributed by atoms with van der Waals surface area (Å²) in [4.78, 5) is 21.0. The number of H-pyrrole nitrogens is 1. The van der Waals surface area contributed by atoms with Crippen LogP contribution in [0.4, 0.5) is 0 Å². The first-order valence-corrected chi connectivity index (χ1v) is 12.3. The monoisotopic (exact) mass is 481 g/mol. The molecule has 0 bridgehead atoms. The molecule has 2 atom stereocenters. The Morgan fingerprint density at radius 1 is 1.08 bits per heavy atom. The highest BCUT2D eigenvalue weighted by atomic mass is 16.5. The van der Waals surface area contributed by atoms with Gasteiger partial charge in [0.1, 0.15) is 11.8 Å². The van der Waals surface area contributed by atoms with Crippen LogP contribution in [-0.4, -0.2) is 27.0 Å². The van der Waals surface area contributed by atoms with Gasteiger partial charge in [-0.05, 0) is 80.7 Å². The number of pyridine rings is 1. The molecular formula is C29H31N5O2. The zero-order valence-electron chi connectivity index (χ0n) is 21.3. The summed E-state index contributed by atoms with van der Waals surface area (Å²) in [5.74, 6) is -0.233. The van der Waals surface area contributed by atoms with E-state index in [0.29, 0.717) is 24.2 Å². The number of hydrogen-bond donors (Lipinski definition) is 1. The number of allylic oxidation sites excluding steroid dienone is 2. The van der Waals surface area contributed by atoms with E-state index in [9.17, 15) is 15.3 Å². The Morgan fingerprint density at radius 3 is 2.33 bits per heavy atom. The van der Waals surface area contributed by atoms with Crippen LogP contribution < -0.4 is 0 Å². The number of hydrogen-bond acceptors (Lipinski definition) is 6. The van der Waals surface area contributed by atoms with Gasteiger partial charge < -0.3 is 9.72 Å². The molecule has 4 rings (SSSR count). The predicted octanol–water partition coefficient (Wildman–Crippen LogP) is 5.76. The number of Topliss-reactive ketones (excluding diaryl/α,β-unsaturated/α-hetero) is 1. The van der Waals surface area contributed by atoms with E-state index in [1.807, 2.05) is 18.2 Å². The molecule has 0 amide bonds. The van der Waals surface area contributed by atoms with Crippen LogP contribution in [0.1, 0.15) is 98.9 Å². The minimum absolute atomic E-state index is 0.107. The third-order valence-corrected chi connectivity index (χ3v) is 7.35. The number of nitriles is 3. The molecule has 1 fully saturated rings. The van der Waals surface area contributed by atoms with Gasteiger partial charge in [-0.2, -0.15) is 15.8 Å². The van der Waals surface area contributed by atoms with E-state index >= 15 is 0 Å². The molecule has 184 valence electrons. The smallest absolute Gasteiger partial charge is 0.183 e. The lowest BCUT2D eigenvalue weighted by Gasteiger charge is -2.41. The normalized spacial score (nSPS) is 27.2. The minimum Gasteiger partial charge on any atom is -0.344 e. The first-order chi connectivity index (χ1) is 17.0. The maximum atomic E-state index is 13.0. The Bertz CT molecular complexity index is 1320. The highest BCUT2D eigenvalue weighted by molar-refractivity contribution is 5.96. The molecule has 1 saturated heterocycles. The van der Waals surface area contributed by atoms with Gasteiger partial charge in [0.2, 0.25) is 0 Å². The van der Waals surface area contributed by atoms with Gasteiger partial charge in [-0.25, -0.2) is 0 Å². The standard InChI is InChI=1S/C29H31N5O2/c1-27(2)11-9-19(10-12-27)26-20(13-25(35)24-8-6-22(16-30)33-24)5-7-23(34-26)21-14-28(3,17-31)36-29(4,15-21)18-32/h5-9,21,33H,10-15H2,1-4H3. The van der Waals surface area contributed by atoms with E-state index in [1.165, 1.54) is 0 Å². The number of aromatic amines is 1. The first-order valence-electron chi connectivity index (χ1n) is 12.3. The van der Waals surface area contributed by atoms with Gasteiger partial charge in [0, 0.05) is 18.0 Å². The molecule has 2 aromatic heterocycles. The number of carbonyl (C=O) groups is 1. The zero-order valence-corrected chi connectivity index (χ0v) is 21.3. The SMILES string of the molecule is CC1(C)CC=C(c2nc(C3CC(C)(C#N)OC(C)(C#N)C3)ccc2CC(=O)c2ccc(C#N)[nH]2)CC1. The van der Waals surface area contributed by atoms with Crippen LogP contribution in [0.15, 0.2) is 30.3 Å². The highest BCUT2D eigenvalue weighted by Crippen LogP contribution is 2.44. The van der Waals surface area contributed by atoms with Crippen molar-refractivity contribution in [1.82, 2.24) is 9.97 Å². The second-order valence-electron chi connectivity index (χ2n) is 11.2. The van der Waals surface area contributed by atoms with Crippen molar-refractivity contribution < 1.29 is 9.53 Å². The number of rotatable bonds is 5. The summed E-state index contributed by atoms with van der Waals surface area (Å²) in [6.45, 7) is 7.95. The van der Waals surface area contributed by atoms with Crippen molar-refractivity contribution in [3.8, 4) is 18.2 Å². The topological polar surface area (TPSA) is 126 Å². The van der Waals surface area contributed by atoms with E-state index in [2.05, 4.69) is 37.0 Å². The van der Waals surface area contributed by atoms with Crippen LogP contribution in [0.2, 0.25) is 0 Å². The van der Waals surface area contributed by atoms with Crippen molar-refractivity contribution in [2.75, 3.05) is 0 Å². The Kier molecular flexibility index (Phi) is 6.61. The summed E-state index contributed by atoms with van der Waals surface area (Å²) in [5, 5.41) is 28.6. The molecule has 1 aliphatic heterocycles. The molecule has 7 nitrogen and oxygen atoms in total. The molecule has 0 aromatic carbocycles. The summed E-state index contributed by atoms with van der Waals surface area (Å²) in [6.07, 6.45) is 6.10. The van der Waals surface area contributed by atoms with E-state index in [-0.39, 0.29) is 23.5 Å². The second kappa shape index (κ2) is 9.38. The van der Waals surface area contributed by atoms with Crippen LogP contribution in [0.5, 0.6) is 0 Å². The lowest BCUT2D eigenvalue weighted by Crippen LogP contribution is -2.46. The van der Waals surface area contributed by atoms with Gasteiger partial charge in [0.25, 0.3) is 0 Å². The Balaban J connectivity index is 1.72. The maximum absolute atomic E-state index is 13.0. The second-order valence-corrected chi connectivity index (χ2v) is 11.2. The number of ketones is 1. The molecule has 1 N–H and O–H groups in total. The summed E-state index contributed by atoms with van der Waals surface area (Å²) < 4.78 is 5.89. The molecule has 0 spiro atoms. The Hall–Kier alpha value is -3.73. The quantitative estimate of drug-likeness (QED) is 0.541. The van der Waals surface area contributed by atoms with Crippen molar-refractivity contribution in [2.24, 2.45) is 5.41 Å². The van der Waals surface area contributed by atoms with Gasteiger partial charge in [0.15, 0.2) is 17.0 Å². The third kappa shape index (κ3) is 5.25. The average Bonchev–Trinajstić information content (AvgIpc) is 3.34. The van der Waals surface area contributed by atoms with Gasteiger partial charge >= 0.3 is 0 Å². The third-order valence-electron chi connectivity index (χ3n) is 7.35. The van der Waals surface area contributed by atoms with Gasteiger partial charge in [0.05, 0.1) is 23.5 Å². The highest BCUT2D eigenvalue weighted by Gasteiger charge is 2.46. The Morgan fingerprint density at radius 2 is 1.78 bits per heavy atom. The molecule has 3 heterocycles. The van der Waals surface area contributed by atoms with Crippen molar-refractivity contribution in [3.05, 3.63) is 58.7 Å². The zero-order chi connectivity index (χ0) is 26.1. The van der Waals surface area contributed by atoms with Crippen molar-refractivity contribution in [1.29, 1.82) is 15.8 Å². The van der Waals surface area contributed by atoms with Crippen LogP contribution in [0.25, 0.3) is 5.57 Å². The fourth-order valence-electron chi connectivity index (χ4n) is 5.27. The van der Waals surface area contributed by atoms with Crippen LogP contribution in [0.3, 0.4) is 0 Å². The Labute approximate surface area is 212 Å². The van der Waals surface area contributed by atoms with Gasteiger partial charge in [-0.1, -0.05) is 26.0 Å². The molecular weight excluding hydrogens is 450 g/mol. The largest absolute Gasteiger partial charge is 0.344 e. The average molecular weight is 482 g/mol. The van der Waals surface area contributed by atoms with Crippen LogP contribution >= 0.6 is 0 Å². The molecule has 2 aliphatic rings. The number of nitrogens with zero attached hydrogens (tertiary/aromatic N) is 4. The van der Waals surface area contributed by atoms with Crippen LogP contribution in [0, 0.1) is 39.4 Å². The summed E-state index contributed by atoms with van der Waals surface area (Å²) in [5.41, 5.74) is 2.40. The molecule has 0 radical (unpaired) electrons. The lowest BCUT2D eigenvalue weighted by molar-refractivity contribution is -0.123. The van der Waals surface area contributed by atoms with Crippen molar-refractivity contribution in [3.63, 3.8) is 0 Å². The van der Waals surface area contributed by atoms with Gasteiger partial charge in [-0.3, -0.25) is 9.78 Å². The predicted molar refractivity (Wildman–Crippen MR) is 134 cm³/mol. The molecule has 2 unspecified atom stereocenters. The lowest BCUT2D eigenvalue weighted by atomic mass is 9.76. The van der Waals surface area contributed by atoms with Gasteiger partial charge in [-0.15, -0.1) is 0 Å². The molecule has 7 heteroatoms. The molecule has 2 aromatic rings. The number of carbonyl (C=O) groups excluding carboxylic acids is 1. The molecule has 1 aliphatic carbocycles. The van der Waals surface area contributed by atoms with E-state index in [1.54, 1.807) is 26.0 Å². The number of nitrogens with one attached hydrogen (secondary N) is 1.